The SMILES string of the molecule is COCC(C)OCC(C)OCCC[Si](C)(C)OC. The molecule has 0 saturated heterocycles. The van der Waals surface area contributed by atoms with Crippen LogP contribution in [0.15, 0.2) is 0 Å². The minimum absolute atomic E-state index is 0.126. The van der Waals surface area contributed by atoms with E-state index < -0.39 is 8.32 Å². The van der Waals surface area contributed by atoms with Gasteiger partial charge in [-0.3, -0.25) is 0 Å². The summed E-state index contributed by atoms with van der Waals surface area (Å²) in [5, 5.41) is 0. The van der Waals surface area contributed by atoms with Crippen molar-refractivity contribution >= 4 is 8.32 Å². The average molecular weight is 278 g/mol. The monoisotopic (exact) mass is 278 g/mol. The van der Waals surface area contributed by atoms with E-state index in [9.17, 15) is 0 Å². The Morgan fingerprint density at radius 3 is 2.11 bits per heavy atom. The Morgan fingerprint density at radius 2 is 1.56 bits per heavy atom. The van der Waals surface area contributed by atoms with Gasteiger partial charge in [0.15, 0.2) is 8.32 Å². The topological polar surface area (TPSA) is 36.9 Å². The molecule has 0 rings (SSSR count). The molecule has 5 heteroatoms. The van der Waals surface area contributed by atoms with Crippen molar-refractivity contribution in [2.75, 3.05) is 34.0 Å². The van der Waals surface area contributed by atoms with Gasteiger partial charge in [-0.2, -0.15) is 0 Å². The van der Waals surface area contributed by atoms with Crippen LogP contribution < -0.4 is 0 Å². The van der Waals surface area contributed by atoms with Crippen LogP contribution in [0.1, 0.15) is 20.3 Å². The highest BCUT2D eigenvalue weighted by Gasteiger charge is 2.19. The van der Waals surface area contributed by atoms with Gasteiger partial charge in [0.25, 0.3) is 0 Å². The number of rotatable bonds is 11. The predicted molar refractivity (Wildman–Crippen MR) is 76.6 cm³/mol. The second kappa shape index (κ2) is 9.92. The highest BCUT2D eigenvalue weighted by atomic mass is 28.4. The molecule has 2 unspecified atom stereocenters. The van der Waals surface area contributed by atoms with E-state index in [4.69, 9.17) is 18.6 Å². The van der Waals surface area contributed by atoms with Crippen LogP contribution in [-0.4, -0.2) is 54.6 Å². The van der Waals surface area contributed by atoms with Gasteiger partial charge in [-0.1, -0.05) is 0 Å². The zero-order valence-electron chi connectivity index (χ0n) is 12.8. The first-order valence-electron chi connectivity index (χ1n) is 6.68. The minimum Gasteiger partial charge on any atom is -0.420 e. The summed E-state index contributed by atoms with van der Waals surface area (Å²) in [6, 6.07) is 1.14. The molecule has 0 aromatic carbocycles. The summed E-state index contributed by atoms with van der Waals surface area (Å²) in [5.41, 5.74) is 0. The quantitative estimate of drug-likeness (QED) is 0.430. The van der Waals surface area contributed by atoms with E-state index in [0.717, 1.165) is 19.1 Å². The molecule has 0 amide bonds. The highest BCUT2D eigenvalue weighted by Crippen LogP contribution is 2.12. The Labute approximate surface area is 113 Å². The fraction of sp³-hybridized carbons (Fsp3) is 1.00. The number of hydrogen-bond acceptors (Lipinski definition) is 4. The second-order valence-corrected chi connectivity index (χ2v) is 9.78. The third kappa shape index (κ3) is 10.0. The fourth-order valence-electron chi connectivity index (χ4n) is 1.52. The van der Waals surface area contributed by atoms with Gasteiger partial charge < -0.3 is 18.6 Å². The van der Waals surface area contributed by atoms with E-state index in [-0.39, 0.29) is 12.2 Å². The van der Waals surface area contributed by atoms with Crippen molar-refractivity contribution < 1.29 is 18.6 Å². The first-order chi connectivity index (χ1) is 8.41. The van der Waals surface area contributed by atoms with Crippen LogP contribution in [0.5, 0.6) is 0 Å². The van der Waals surface area contributed by atoms with Crippen LogP contribution in [0, 0.1) is 0 Å². The van der Waals surface area contributed by atoms with Crippen molar-refractivity contribution in [3.8, 4) is 0 Å². The van der Waals surface area contributed by atoms with Gasteiger partial charge in [0, 0.05) is 20.8 Å². The number of hydrogen-bond donors (Lipinski definition) is 0. The second-order valence-electron chi connectivity index (χ2n) is 5.35. The van der Waals surface area contributed by atoms with Crippen LogP contribution >= 0.6 is 0 Å². The largest absolute Gasteiger partial charge is 0.420 e. The summed E-state index contributed by atoms with van der Waals surface area (Å²) in [4.78, 5) is 0. The Hall–Kier alpha value is 0.0569. The molecule has 0 fully saturated rings. The van der Waals surface area contributed by atoms with Crippen molar-refractivity contribution in [2.24, 2.45) is 0 Å². The smallest absolute Gasteiger partial charge is 0.186 e. The maximum Gasteiger partial charge on any atom is 0.186 e. The molecule has 0 aliphatic carbocycles. The predicted octanol–water partition coefficient (Wildman–Crippen LogP) is 2.68. The minimum atomic E-state index is -1.42. The molecule has 0 heterocycles. The molecule has 4 nitrogen and oxygen atoms in total. The van der Waals surface area contributed by atoms with Crippen LogP contribution in [0.25, 0.3) is 0 Å². The van der Waals surface area contributed by atoms with Crippen molar-refractivity contribution in [3.05, 3.63) is 0 Å². The van der Waals surface area contributed by atoms with E-state index in [2.05, 4.69) is 13.1 Å². The normalized spacial score (nSPS) is 15.7. The lowest BCUT2D eigenvalue weighted by atomic mass is 10.4. The van der Waals surface area contributed by atoms with Crippen LogP contribution in [-0.2, 0) is 18.6 Å². The Morgan fingerprint density at radius 1 is 0.944 bits per heavy atom. The van der Waals surface area contributed by atoms with E-state index in [1.807, 2.05) is 13.8 Å². The molecule has 0 radical (unpaired) electrons. The Kier molecular flexibility index (Phi) is 9.95. The summed E-state index contributed by atoms with van der Waals surface area (Å²) >= 11 is 0. The molecule has 0 spiro atoms. The van der Waals surface area contributed by atoms with Crippen molar-refractivity contribution in [1.29, 1.82) is 0 Å². The maximum atomic E-state index is 5.71. The lowest BCUT2D eigenvalue weighted by Gasteiger charge is -2.21. The lowest BCUT2D eigenvalue weighted by molar-refractivity contribution is -0.0508. The van der Waals surface area contributed by atoms with Crippen LogP contribution in [0.4, 0.5) is 0 Å². The molecule has 18 heavy (non-hydrogen) atoms. The first kappa shape index (κ1) is 18.1. The van der Waals surface area contributed by atoms with Crippen molar-refractivity contribution in [1.82, 2.24) is 0 Å². The number of ether oxygens (including phenoxy) is 3. The molecule has 0 aromatic heterocycles. The van der Waals surface area contributed by atoms with E-state index >= 15 is 0 Å². The first-order valence-corrected chi connectivity index (χ1v) is 9.80. The summed E-state index contributed by atoms with van der Waals surface area (Å²) in [6.45, 7) is 10.5. The molecule has 0 saturated carbocycles. The molecule has 110 valence electrons. The van der Waals surface area contributed by atoms with Gasteiger partial charge in [-0.25, -0.2) is 0 Å². The van der Waals surface area contributed by atoms with Gasteiger partial charge in [0.1, 0.15) is 0 Å². The molecule has 0 aliphatic rings. The Bertz CT molecular complexity index is 199. The van der Waals surface area contributed by atoms with Crippen molar-refractivity contribution in [3.63, 3.8) is 0 Å². The van der Waals surface area contributed by atoms with Gasteiger partial charge in [0.05, 0.1) is 25.4 Å². The standard InChI is InChI=1S/C13H30O4Si/c1-12(10-14-3)17-11-13(2)16-8-7-9-18(5,6)15-4/h12-13H,7-11H2,1-6H3. The maximum absolute atomic E-state index is 5.71. The third-order valence-corrected chi connectivity index (χ3v) is 5.56. The third-order valence-electron chi connectivity index (χ3n) is 2.89. The zero-order valence-corrected chi connectivity index (χ0v) is 13.8. The van der Waals surface area contributed by atoms with Gasteiger partial charge >= 0.3 is 0 Å². The fourth-order valence-corrected chi connectivity index (χ4v) is 2.72. The van der Waals surface area contributed by atoms with E-state index in [1.165, 1.54) is 0 Å². The van der Waals surface area contributed by atoms with Gasteiger partial charge in [-0.15, -0.1) is 0 Å². The molecule has 0 N–H and O–H groups in total. The summed E-state index contributed by atoms with van der Waals surface area (Å²) in [5.74, 6) is 0. The van der Waals surface area contributed by atoms with E-state index in [1.54, 1.807) is 14.2 Å². The molecular formula is C13H30O4Si. The summed E-state index contributed by atoms with van der Waals surface area (Å²) in [7, 11) is 2.06. The zero-order chi connectivity index (χ0) is 14.0. The van der Waals surface area contributed by atoms with Gasteiger partial charge in [-0.05, 0) is 39.4 Å². The summed E-state index contributed by atoms with van der Waals surface area (Å²) in [6.07, 6.45) is 1.32. The van der Waals surface area contributed by atoms with Crippen molar-refractivity contribution in [2.45, 2.75) is 51.6 Å². The molecular weight excluding hydrogens is 248 g/mol. The molecule has 2 atom stereocenters. The lowest BCUT2D eigenvalue weighted by Crippen LogP contribution is -2.29. The van der Waals surface area contributed by atoms with Crippen LogP contribution in [0.3, 0.4) is 0 Å². The summed E-state index contributed by atoms with van der Waals surface area (Å²) < 4.78 is 21.8. The van der Waals surface area contributed by atoms with E-state index in [0.29, 0.717) is 13.2 Å². The number of methoxy groups -OCH3 is 1. The van der Waals surface area contributed by atoms with Gasteiger partial charge in [0.2, 0.25) is 0 Å². The molecule has 0 aliphatic heterocycles. The molecule has 0 bridgehead atoms. The molecule has 0 aromatic rings. The Balaban J connectivity index is 3.50. The highest BCUT2D eigenvalue weighted by molar-refractivity contribution is 6.71. The van der Waals surface area contributed by atoms with Crippen LogP contribution in [0.2, 0.25) is 19.1 Å². The average Bonchev–Trinajstić information content (AvgIpc) is 2.32.